The van der Waals surface area contributed by atoms with E-state index < -0.39 is 50.4 Å². The predicted molar refractivity (Wildman–Crippen MR) is 186 cm³/mol. The van der Waals surface area contributed by atoms with E-state index in [1.54, 1.807) is 19.1 Å². The highest BCUT2D eigenvalue weighted by molar-refractivity contribution is 7.52. The van der Waals surface area contributed by atoms with Crippen molar-refractivity contribution in [3.8, 4) is 11.6 Å². The molecule has 1 aliphatic rings. The summed E-state index contributed by atoms with van der Waals surface area (Å²) in [5.41, 5.74) is 4.20. The summed E-state index contributed by atoms with van der Waals surface area (Å²) in [6.45, 7) is 12.3. The molecule has 0 saturated carbocycles. The van der Waals surface area contributed by atoms with E-state index in [2.05, 4.69) is 20.0 Å². The number of nitrogens with two attached hydrogens (primary N) is 1. The number of aryl methyl sites for hydroxylation is 1. The van der Waals surface area contributed by atoms with Gasteiger partial charge in [0.15, 0.2) is 17.4 Å². The second-order valence-electron chi connectivity index (χ2n) is 14.3. The molecule has 0 bridgehead atoms. The number of imidazole rings is 1. The van der Waals surface area contributed by atoms with E-state index >= 15 is 0 Å². The minimum absolute atomic E-state index is 0.00116. The van der Waals surface area contributed by atoms with Gasteiger partial charge in [-0.1, -0.05) is 71.0 Å². The van der Waals surface area contributed by atoms with Crippen molar-refractivity contribution in [1.82, 2.24) is 24.6 Å². The lowest BCUT2D eigenvalue weighted by molar-refractivity contribution is -0.149. The Hall–Kier alpha value is -3.85. The molecule has 0 spiro atoms. The summed E-state index contributed by atoms with van der Waals surface area (Å²) >= 11 is 0. The first-order valence-electron chi connectivity index (χ1n) is 16.4. The van der Waals surface area contributed by atoms with E-state index in [1.165, 1.54) is 18.6 Å². The zero-order chi connectivity index (χ0) is 36.6. The number of hydrogen-bond acceptors (Lipinski definition) is 13. The largest absolute Gasteiger partial charge is 0.479 e. The second kappa shape index (κ2) is 14.4. The van der Waals surface area contributed by atoms with Crippen molar-refractivity contribution in [3.05, 3.63) is 48.3 Å². The fourth-order valence-electron chi connectivity index (χ4n) is 5.77. The number of nitrogen functional groups attached to an aromatic ring is 1. The van der Waals surface area contributed by atoms with Gasteiger partial charge < -0.3 is 34.7 Å². The molecule has 1 saturated heterocycles. The van der Waals surface area contributed by atoms with Gasteiger partial charge in [0, 0.05) is 5.39 Å². The van der Waals surface area contributed by atoms with E-state index in [1.807, 2.05) is 65.0 Å². The number of carbonyl (C=O) groups is 1. The van der Waals surface area contributed by atoms with Crippen LogP contribution in [0.15, 0.2) is 42.5 Å². The van der Waals surface area contributed by atoms with Crippen LogP contribution in [0.25, 0.3) is 21.9 Å². The first kappa shape index (κ1) is 37.4. The van der Waals surface area contributed by atoms with E-state index in [9.17, 15) is 19.6 Å². The predicted octanol–water partition coefficient (Wildman–Crippen LogP) is 4.69. The molecule has 5 rings (SSSR count). The van der Waals surface area contributed by atoms with Crippen molar-refractivity contribution in [2.45, 2.75) is 85.0 Å². The molecule has 0 radical (unpaired) electrons. The van der Waals surface area contributed by atoms with Crippen LogP contribution in [0.1, 0.15) is 60.0 Å². The summed E-state index contributed by atoms with van der Waals surface area (Å²) in [7, 11) is -3.02. The van der Waals surface area contributed by atoms with Crippen molar-refractivity contribution in [1.29, 1.82) is 0 Å². The summed E-state index contributed by atoms with van der Waals surface area (Å²) in [6.07, 6.45) is -3.74. The van der Waals surface area contributed by atoms with Crippen molar-refractivity contribution in [3.63, 3.8) is 0 Å². The van der Waals surface area contributed by atoms with Gasteiger partial charge in [0.2, 0.25) is 11.8 Å². The molecule has 4 aromatic rings. The van der Waals surface area contributed by atoms with Gasteiger partial charge in [0.1, 0.15) is 35.4 Å². The van der Waals surface area contributed by atoms with Crippen LogP contribution in [0.3, 0.4) is 0 Å². The minimum Gasteiger partial charge on any atom is -0.479 e. The Bertz CT molecular complexity index is 1890. The zero-order valence-corrected chi connectivity index (χ0v) is 30.5. The van der Waals surface area contributed by atoms with E-state index in [0.29, 0.717) is 11.2 Å². The SMILES string of the molecule is COc1nc(N)nc2c1nc(C)n2C1OC(COP(=O)(NC(CC(C)C)C(=O)OCC(C)(C)C)Oc2cccc3ccccc23)C(O)C1(C)O. The summed E-state index contributed by atoms with van der Waals surface area (Å²) in [5.74, 6) is 0.0358. The van der Waals surface area contributed by atoms with Crippen LogP contribution in [0.5, 0.6) is 11.6 Å². The third-order valence-corrected chi connectivity index (χ3v) is 9.77. The molecule has 16 heteroatoms. The lowest BCUT2D eigenvalue weighted by atomic mass is 9.96. The fourth-order valence-corrected chi connectivity index (χ4v) is 7.30. The number of hydrogen-bond donors (Lipinski definition) is 4. The van der Waals surface area contributed by atoms with Crippen LogP contribution in [0.4, 0.5) is 5.95 Å². The average Bonchev–Trinajstić information content (AvgIpc) is 3.48. The number of esters is 1. The van der Waals surface area contributed by atoms with Gasteiger partial charge in [0.25, 0.3) is 0 Å². The van der Waals surface area contributed by atoms with Gasteiger partial charge in [-0.25, -0.2) is 9.55 Å². The van der Waals surface area contributed by atoms with Crippen molar-refractivity contribution in [2.75, 3.05) is 26.1 Å². The lowest BCUT2D eigenvalue weighted by Crippen LogP contribution is -2.45. The fraction of sp³-hybridized carbons (Fsp3) is 0.529. The summed E-state index contributed by atoms with van der Waals surface area (Å²) in [6, 6.07) is 11.6. The summed E-state index contributed by atoms with van der Waals surface area (Å²) < 4.78 is 45.5. The molecule has 2 aromatic heterocycles. The highest BCUT2D eigenvalue weighted by atomic mass is 31.2. The molecular weight excluding hydrogens is 667 g/mol. The number of aliphatic hydroxyl groups excluding tert-OH is 1. The van der Waals surface area contributed by atoms with Crippen LogP contribution in [0.2, 0.25) is 0 Å². The third kappa shape index (κ3) is 8.03. The number of benzene rings is 2. The molecule has 1 fully saturated rings. The molecule has 0 aliphatic carbocycles. The molecule has 6 atom stereocenters. The van der Waals surface area contributed by atoms with Gasteiger partial charge in [-0.05, 0) is 43.1 Å². The molecule has 1 aliphatic heterocycles. The number of nitrogens with one attached hydrogen (secondary N) is 1. The highest BCUT2D eigenvalue weighted by Crippen LogP contribution is 2.49. The van der Waals surface area contributed by atoms with Gasteiger partial charge in [-0.2, -0.15) is 15.1 Å². The topological polar surface area (TPSA) is 202 Å². The Balaban J connectivity index is 1.46. The number of nitrogens with zero attached hydrogens (tertiary/aromatic N) is 4. The monoisotopic (exact) mass is 714 g/mol. The molecule has 50 heavy (non-hydrogen) atoms. The Morgan fingerprint density at radius 1 is 1.16 bits per heavy atom. The molecule has 5 N–H and O–H groups in total. The number of aromatic nitrogens is 4. The maximum absolute atomic E-state index is 14.8. The molecule has 3 heterocycles. The van der Waals surface area contributed by atoms with Crippen LogP contribution in [-0.2, 0) is 23.4 Å². The van der Waals surface area contributed by atoms with Crippen molar-refractivity contribution in [2.24, 2.45) is 11.3 Å². The van der Waals surface area contributed by atoms with Crippen LogP contribution >= 0.6 is 7.75 Å². The number of fused-ring (bicyclic) bond motifs is 2. The smallest absolute Gasteiger partial charge is 0.459 e. The number of methoxy groups -OCH3 is 1. The van der Waals surface area contributed by atoms with Crippen molar-refractivity contribution >= 4 is 41.6 Å². The van der Waals surface area contributed by atoms with Crippen molar-refractivity contribution < 1.29 is 42.8 Å². The number of ether oxygens (including phenoxy) is 3. The molecule has 272 valence electrons. The first-order valence-corrected chi connectivity index (χ1v) is 17.9. The normalized spacial score (nSPS) is 22.9. The second-order valence-corrected chi connectivity index (χ2v) is 16.0. The highest BCUT2D eigenvalue weighted by Gasteiger charge is 2.55. The van der Waals surface area contributed by atoms with E-state index in [-0.39, 0.29) is 53.1 Å². The minimum atomic E-state index is -4.44. The van der Waals surface area contributed by atoms with Gasteiger partial charge >= 0.3 is 13.7 Å². The Kier molecular flexibility index (Phi) is 10.8. The van der Waals surface area contributed by atoms with Gasteiger partial charge in [-0.15, -0.1) is 0 Å². The first-order chi connectivity index (χ1) is 23.4. The number of aliphatic hydroxyl groups is 2. The zero-order valence-electron chi connectivity index (χ0n) is 29.6. The van der Waals surface area contributed by atoms with Crippen LogP contribution in [0, 0.1) is 18.3 Å². The Morgan fingerprint density at radius 2 is 1.86 bits per heavy atom. The number of carbonyl (C=O) groups excluding carboxylic acids is 1. The van der Waals surface area contributed by atoms with E-state index in [4.69, 9.17) is 29.0 Å². The maximum Gasteiger partial charge on any atom is 0.459 e. The number of rotatable bonds is 13. The van der Waals surface area contributed by atoms with E-state index in [0.717, 1.165) is 5.39 Å². The number of anilines is 1. The molecular formula is C34H47N6O9P. The van der Waals surface area contributed by atoms with Gasteiger partial charge in [0.05, 0.1) is 20.3 Å². The van der Waals surface area contributed by atoms with Crippen LogP contribution in [-0.4, -0.2) is 79.9 Å². The Labute approximate surface area is 291 Å². The quantitative estimate of drug-likeness (QED) is 0.110. The molecule has 2 aromatic carbocycles. The Morgan fingerprint density at radius 3 is 2.54 bits per heavy atom. The maximum atomic E-state index is 14.8. The van der Waals surface area contributed by atoms with Crippen LogP contribution < -0.4 is 20.1 Å². The summed E-state index contributed by atoms with van der Waals surface area (Å²) in [5, 5.41) is 27.3. The molecule has 15 nitrogen and oxygen atoms in total. The molecule has 0 amide bonds. The standard InChI is InChI=1S/C34H47N6O9P/c1-19(2)16-23(30(42)46-18-33(4,5)6)39-50(44,49-24-15-11-13-21-12-9-10-14-22(21)24)47-17-25-27(41)34(7,43)31(48-25)40-20(3)36-26-28(40)37-32(35)38-29(26)45-8/h9-15,19,23,25,27,31,41,43H,16-18H2,1-8H3,(H,39,44)(H2,35,37,38). The average molecular weight is 715 g/mol. The third-order valence-electron chi connectivity index (χ3n) is 8.21. The van der Waals surface area contributed by atoms with Gasteiger partial charge in [-0.3, -0.25) is 13.9 Å². The lowest BCUT2D eigenvalue weighted by Gasteiger charge is -2.28. The molecule has 6 unspecified atom stereocenters. The summed E-state index contributed by atoms with van der Waals surface area (Å²) in [4.78, 5) is 26.2.